The first-order valence-electron chi connectivity index (χ1n) is 11.4. The average molecular weight is 473 g/mol. The molecule has 1 aromatic heterocycles. The zero-order valence-electron chi connectivity index (χ0n) is 18.9. The monoisotopic (exact) mass is 472 g/mol. The zero-order valence-corrected chi connectivity index (χ0v) is 19.8. The van der Waals surface area contributed by atoms with E-state index in [0.717, 1.165) is 42.6 Å². The number of likely N-dealkylation sites (tertiary alicyclic amines) is 1. The molecule has 0 saturated carbocycles. The van der Waals surface area contributed by atoms with Crippen LogP contribution in [0, 0.1) is 12.7 Å². The van der Waals surface area contributed by atoms with Crippen LogP contribution in [0.1, 0.15) is 34.3 Å². The molecule has 0 unspecified atom stereocenters. The number of hydrogen-bond donors (Lipinski definition) is 0. The van der Waals surface area contributed by atoms with Crippen molar-refractivity contribution in [2.45, 2.75) is 30.7 Å². The van der Waals surface area contributed by atoms with E-state index in [9.17, 15) is 9.18 Å². The number of carbonyl (C=O) groups is 1. The van der Waals surface area contributed by atoms with Crippen LogP contribution in [0.25, 0.3) is 17.1 Å². The highest BCUT2D eigenvalue weighted by atomic mass is 32.2. The molecule has 1 fully saturated rings. The van der Waals surface area contributed by atoms with Gasteiger partial charge in [-0.3, -0.25) is 9.36 Å². The van der Waals surface area contributed by atoms with Crippen molar-refractivity contribution in [2.24, 2.45) is 0 Å². The van der Waals surface area contributed by atoms with E-state index in [1.165, 1.54) is 17.8 Å². The Kier molecular flexibility index (Phi) is 6.45. The first-order valence-corrected chi connectivity index (χ1v) is 12.4. The lowest BCUT2D eigenvalue weighted by molar-refractivity contribution is 0.0792. The first-order chi connectivity index (χ1) is 16.6. The minimum absolute atomic E-state index is 0.0737. The molecule has 0 bridgehead atoms. The summed E-state index contributed by atoms with van der Waals surface area (Å²) in [6.07, 6.45) is 2.10. The number of benzene rings is 3. The molecule has 0 radical (unpaired) electrons. The average Bonchev–Trinajstić information content (AvgIpc) is 3.54. The van der Waals surface area contributed by atoms with Crippen molar-refractivity contribution in [3.63, 3.8) is 0 Å². The van der Waals surface area contributed by atoms with E-state index < -0.39 is 0 Å². The van der Waals surface area contributed by atoms with Crippen LogP contribution in [-0.2, 0) is 5.75 Å². The van der Waals surface area contributed by atoms with E-state index in [0.29, 0.717) is 28.0 Å². The number of hydrogen-bond acceptors (Lipinski definition) is 4. The molecular formula is C27H25FN4OS. The Morgan fingerprint density at radius 3 is 2.41 bits per heavy atom. The molecule has 0 N–H and O–H groups in total. The lowest BCUT2D eigenvalue weighted by Gasteiger charge is -2.17. The maximum Gasteiger partial charge on any atom is 0.254 e. The second-order valence-corrected chi connectivity index (χ2v) is 9.35. The lowest BCUT2D eigenvalue weighted by atomic mass is 10.1. The van der Waals surface area contributed by atoms with Gasteiger partial charge in [-0.05, 0) is 43.5 Å². The van der Waals surface area contributed by atoms with Gasteiger partial charge in [-0.25, -0.2) is 4.39 Å². The molecule has 5 nitrogen and oxygen atoms in total. The largest absolute Gasteiger partial charge is 0.339 e. The normalized spacial score (nSPS) is 13.4. The Morgan fingerprint density at radius 1 is 0.941 bits per heavy atom. The quantitative estimate of drug-likeness (QED) is 0.327. The number of carbonyl (C=O) groups excluding carboxylic acids is 1. The second-order valence-electron chi connectivity index (χ2n) is 8.40. The summed E-state index contributed by atoms with van der Waals surface area (Å²) in [5.74, 6) is 0.830. The van der Waals surface area contributed by atoms with Crippen LogP contribution in [0.4, 0.5) is 4.39 Å². The summed E-state index contributed by atoms with van der Waals surface area (Å²) in [5, 5.41) is 9.40. The molecule has 34 heavy (non-hydrogen) atoms. The number of aryl methyl sites for hydroxylation is 1. The number of para-hydroxylation sites is 1. The van der Waals surface area contributed by atoms with Gasteiger partial charge in [-0.1, -0.05) is 71.9 Å². The van der Waals surface area contributed by atoms with Crippen LogP contribution in [0.2, 0.25) is 0 Å². The Morgan fingerprint density at radius 2 is 1.65 bits per heavy atom. The fourth-order valence-electron chi connectivity index (χ4n) is 4.19. The van der Waals surface area contributed by atoms with Crippen LogP contribution < -0.4 is 0 Å². The van der Waals surface area contributed by atoms with E-state index in [-0.39, 0.29) is 11.7 Å². The van der Waals surface area contributed by atoms with Crippen molar-refractivity contribution in [3.05, 3.63) is 95.3 Å². The summed E-state index contributed by atoms with van der Waals surface area (Å²) in [4.78, 5) is 15.0. The smallest absolute Gasteiger partial charge is 0.254 e. The molecule has 1 saturated heterocycles. The van der Waals surface area contributed by atoms with E-state index in [1.54, 1.807) is 22.8 Å². The van der Waals surface area contributed by atoms with E-state index in [2.05, 4.69) is 10.2 Å². The molecule has 1 aliphatic heterocycles. The number of halogens is 1. The van der Waals surface area contributed by atoms with Crippen LogP contribution in [0.15, 0.2) is 78.0 Å². The third-order valence-corrected chi connectivity index (χ3v) is 7.01. The van der Waals surface area contributed by atoms with Crippen LogP contribution in [0.5, 0.6) is 0 Å². The van der Waals surface area contributed by atoms with E-state index in [1.807, 2.05) is 60.4 Å². The molecule has 0 atom stereocenters. The molecule has 7 heteroatoms. The van der Waals surface area contributed by atoms with Crippen molar-refractivity contribution < 1.29 is 9.18 Å². The van der Waals surface area contributed by atoms with Crippen molar-refractivity contribution in [3.8, 4) is 17.1 Å². The Hall–Kier alpha value is -3.45. The molecule has 2 heterocycles. The predicted octanol–water partition coefficient (Wildman–Crippen LogP) is 5.91. The summed E-state index contributed by atoms with van der Waals surface area (Å²) in [7, 11) is 0. The first kappa shape index (κ1) is 22.3. The molecule has 5 rings (SSSR count). The number of nitrogens with zero attached hydrogens (tertiary/aromatic N) is 4. The maximum atomic E-state index is 14.9. The van der Waals surface area contributed by atoms with Gasteiger partial charge in [-0.2, -0.15) is 0 Å². The van der Waals surface area contributed by atoms with Crippen LogP contribution >= 0.6 is 11.8 Å². The highest BCUT2D eigenvalue weighted by molar-refractivity contribution is 7.98. The third kappa shape index (κ3) is 4.48. The summed E-state index contributed by atoms with van der Waals surface area (Å²) < 4.78 is 16.6. The van der Waals surface area contributed by atoms with Gasteiger partial charge in [0.1, 0.15) is 5.82 Å². The summed E-state index contributed by atoms with van der Waals surface area (Å²) in [5.41, 5.74) is 4.04. The highest BCUT2D eigenvalue weighted by Crippen LogP contribution is 2.32. The van der Waals surface area contributed by atoms with Crippen molar-refractivity contribution in [1.82, 2.24) is 19.7 Å². The lowest BCUT2D eigenvalue weighted by Crippen LogP contribution is -2.28. The fourth-order valence-corrected chi connectivity index (χ4v) is 5.14. The SMILES string of the molecule is Cc1ccc(-c2nnc(SCc3ccccc3C(=O)N3CCCC3)n2-c2ccccc2F)cc1. The zero-order chi connectivity index (χ0) is 23.5. The summed E-state index contributed by atoms with van der Waals surface area (Å²) in [6.45, 7) is 3.64. The van der Waals surface area contributed by atoms with E-state index >= 15 is 0 Å². The molecule has 0 aliphatic carbocycles. The molecule has 4 aromatic rings. The van der Waals surface area contributed by atoms with Crippen LogP contribution in [-0.4, -0.2) is 38.7 Å². The van der Waals surface area contributed by atoms with Gasteiger partial charge < -0.3 is 4.90 Å². The highest BCUT2D eigenvalue weighted by Gasteiger charge is 2.23. The summed E-state index contributed by atoms with van der Waals surface area (Å²) >= 11 is 1.45. The van der Waals surface area contributed by atoms with Crippen molar-refractivity contribution in [1.29, 1.82) is 0 Å². The fraction of sp³-hybridized carbons (Fsp3) is 0.222. The van der Waals surface area contributed by atoms with Gasteiger partial charge in [0.05, 0.1) is 5.69 Å². The predicted molar refractivity (Wildman–Crippen MR) is 133 cm³/mol. The van der Waals surface area contributed by atoms with Crippen molar-refractivity contribution >= 4 is 17.7 Å². The minimum atomic E-state index is -0.345. The van der Waals surface area contributed by atoms with E-state index in [4.69, 9.17) is 0 Å². The molecule has 1 amide bonds. The number of rotatable bonds is 6. The molecule has 172 valence electrons. The van der Waals surface area contributed by atoms with Crippen LogP contribution in [0.3, 0.4) is 0 Å². The number of amides is 1. The topological polar surface area (TPSA) is 51.0 Å². The number of aromatic nitrogens is 3. The standard InChI is InChI=1S/C27H25FN4OS/c1-19-12-14-20(15-13-19)25-29-30-27(32(25)24-11-5-4-10-23(24)28)34-18-21-8-2-3-9-22(21)26(33)31-16-6-7-17-31/h2-5,8-15H,6-7,16-18H2,1H3. The van der Waals surface area contributed by atoms with Gasteiger partial charge in [-0.15, -0.1) is 10.2 Å². The second kappa shape index (κ2) is 9.81. The summed E-state index contributed by atoms with van der Waals surface area (Å²) in [6, 6.07) is 22.3. The number of thioether (sulfide) groups is 1. The van der Waals surface area contributed by atoms with Gasteiger partial charge in [0.15, 0.2) is 11.0 Å². The maximum absolute atomic E-state index is 14.9. The minimum Gasteiger partial charge on any atom is -0.339 e. The van der Waals surface area contributed by atoms with Gasteiger partial charge in [0, 0.05) is 30.0 Å². The van der Waals surface area contributed by atoms with Crippen molar-refractivity contribution in [2.75, 3.05) is 13.1 Å². The van der Waals surface area contributed by atoms with Gasteiger partial charge in [0.2, 0.25) is 0 Å². The van der Waals surface area contributed by atoms with Gasteiger partial charge in [0.25, 0.3) is 5.91 Å². The van der Waals surface area contributed by atoms with Gasteiger partial charge >= 0.3 is 0 Å². The Balaban J connectivity index is 1.49. The molecule has 1 aliphatic rings. The Bertz CT molecular complexity index is 1310. The molecule has 3 aromatic carbocycles. The molecule has 0 spiro atoms. The third-order valence-electron chi connectivity index (χ3n) is 6.03. The molecular weight excluding hydrogens is 447 g/mol. The Labute approximate surface area is 202 Å².